The number of likely N-dealkylation sites (N-methyl/N-ethyl adjacent to an activating group) is 1. The molecule has 0 aliphatic carbocycles. The monoisotopic (exact) mass is 519 g/mol. The third kappa shape index (κ3) is 4.72. The van der Waals surface area contributed by atoms with Crippen LogP contribution in [0, 0.1) is 6.92 Å². The number of nitrogens with one attached hydrogen (secondary N) is 1. The summed E-state index contributed by atoms with van der Waals surface area (Å²) < 4.78 is 11.9. The minimum absolute atomic E-state index is 0.0265. The van der Waals surface area contributed by atoms with Crippen molar-refractivity contribution in [3.8, 4) is 5.75 Å². The molecule has 1 N–H and O–H groups in total. The largest absolute Gasteiger partial charge is 0.485 e. The second-order valence-corrected chi connectivity index (χ2v) is 10.6. The number of ether oxygens (including phenoxy) is 2. The van der Waals surface area contributed by atoms with Crippen molar-refractivity contribution < 1.29 is 14.3 Å². The van der Waals surface area contributed by atoms with Gasteiger partial charge in [-0.1, -0.05) is 6.58 Å². The number of pyridine rings is 2. The molecule has 0 bridgehead atoms. The molecular formula is C28H37N7O3. The van der Waals surface area contributed by atoms with Gasteiger partial charge in [-0.25, -0.2) is 4.98 Å². The highest BCUT2D eigenvalue weighted by molar-refractivity contribution is 5.87. The molecule has 4 aliphatic rings. The molecule has 0 aromatic carbocycles. The maximum atomic E-state index is 11.9. The Labute approximate surface area is 224 Å². The van der Waals surface area contributed by atoms with Gasteiger partial charge >= 0.3 is 0 Å². The number of nitrogens with zero attached hydrogens (tertiary/aromatic N) is 6. The lowest BCUT2D eigenvalue weighted by Crippen LogP contribution is -2.61. The zero-order valence-corrected chi connectivity index (χ0v) is 22.4. The second-order valence-electron chi connectivity index (χ2n) is 10.6. The Morgan fingerprint density at radius 3 is 2.79 bits per heavy atom. The van der Waals surface area contributed by atoms with E-state index in [1.54, 1.807) is 0 Å². The summed E-state index contributed by atoms with van der Waals surface area (Å²) in [5, 5.41) is 3.59. The molecule has 6 heterocycles. The lowest BCUT2D eigenvalue weighted by molar-refractivity contribution is -0.133. The van der Waals surface area contributed by atoms with Gasteiger partial charge in [-0.05, 0) is 38.6 Å². The molecule has 2 aromatic heterocycles. The van der Waals surface area contributed by atoms with Gasteiger partial charge in [-0.2, -0.15) is 0 Å². The van der Waals surface area contributed by atoms with Crippen LogP contribution >= 0.6 is 0 Å². The van der Waals surface area contributed by atoms with Crippen LogP contribution in [-0.4, -0.2) is 103 Å². The molecule has 6 rings (SSSR count). The Hall–Kier alpha value is -3.21. The SMILES string of the molecule is C=CC(=O)N1CC(N2CCC(c3cc4c(c(C)n3)OCc3c(N5CCOCC5)ccnc3N4)N(C)CC2)C1. The number of rotatable bonds is 4. The normalized spacial score (nSPS) is 22.7. The zero-order valence-electron chi connectivity index (χ0n) is 22.4. The molecule has 0 radical (unpaired) electrons. The van der Waals surface area contributed by atoms with E-state index in [1.807, 2.05) is 18.0 Å². The lowest BCUT2D eigenvalue weighted by Gasteiger charge is -2.44. The number of anilines is 3. The maximum Gasteiger partial charge on any atom is 0.246 e. The van der Waals surface area contributed by atoms with Crippen molar-refractivity contribution >= 4 is 23.1 Å². The first-order chi connectivity index (χ1) is 18.5. The molecule has 10 nitrogen and oxygen atoms in total. The van der Waals surface area contributed by atoms with E-state index in [1.165, 1.54) is 6.08 Å². The summed E-state index contributed by atoms with van der Waals surface area (Å²) in [6.07, 6.45) is 4.25. The first kappa shape index (κ1) is 25.1. The van der Waals surface area contributed by atoms with Gasteiger partial charge < -0.3 is 24.6 Å². The first-order valence-electron chi connectivity index (χ1n) is 13.6. The number of fused-ring (bicyclic) bond motifs is 2. The van der Waals surface area contributed by atoms with Crippen LogP contribution in [0.4, 0.5) is 17.2 Å². The number of amides is 1. The molecule has 4 aliphatic heterocycles. The highest BCUT2D eigenvalue weighted by Crippen LogP contribution is 2.40. The molecule has 0 saturated carbocycles. The Balaban J connectivity index is 1.21. The van der Waals surface area contributed by atoms with E-state index >= 15 is 0 Å². The van der Waals surface area contributed by atoms with Crippen molar-refractivity contribution in [3.05, 3.63) is 47.9 Å². The summed E-state index contributed by atoms with van der Waals surface area (Å²) in [5.74, 6) is 1.66. The molecule has 10 heteroatoms. The Morgan fingerprint density at radius 1 is 1.18 bits per heavy atom. The second kappa shape index (κ2) is 10.5. The molecule has 1 unspecified atom stereocenters. The predicted octanol–water partition coefficient (Wildman–Crippen LogP) is 2.33. The summed E-state index contributed by atoms with van der Waals surface area (Å²) >= 11 is 0. The third-order valence-electron chi connectivity index (χ3n) is 8.33. The number of likely N-dealkylation sites (tertiary alicyclic amines) is 1. The lowest BCUT2D eigenvalue weighted by atomic mass is 10.0. The van der Waals surface area contributed by atoms with Crippen LogP contribution in [0.5, 0.6) is 5.75 Å². The van der Waals surface area contributed by atoms with Gasteiger partial charge in [0, 0.05) is 63.7 Å². The van der Waals surface area contributed by atoms with Gasteiger partial charge in [0.2, 0.25) is 5.91 Å². The Morgan fingerprint density at radius 2 is 2.00 bits per heavy atom. The van der Waals surface area contributed by atoms with E-state index in [4.69, 9.17) is 14.5 Å². The zero-order chi connectivity index (χ0) is 26.2. The summed E-state index contributed by atoms with van der Waals surface area (Å²) in [6, 6.07) is 4.84. The molecule has 3 fully saturated rings. The van der Waals surface area contributed by atoms with Gasteiger partial charge in [-0.15, -0.1) is 0 Å². The van der Waals surface area contributed by atoms with Gasteiger partial charge in [-0.3, -0.25) is 19.6 Å². The quantitative estimate of drug-likeness (QED) is 0.612. The van der Waals surface area contributed by atoms with Crippen molar-refractivity contribution in [2.75, 3.05) is 76.3 Å². The summed E-state index contributed by atoms with van der Waals surface area (Å²) in [5.41, 5.74) is 5.07. The van der Waals surface area contributed by atoms with E-state index in [0.29, 0.717) is 12.6 Å². The van der Waals surface area contributed by atoms with E-state index in [2.05, 4.69) is 50.8 Å². The molecule has 1 atom stereocenters. The molecule has 2 aromatic rings. The topological polar surface area (TPSA) is 86.3 Å². The Kier molecular flexibility index (Phi) is 6.94. The number of hydrogen-bond acceptors (Lipinski definition) is 9. The highest BCUT2D eigenvalue weighted by Gasteiger charge is 2.36. The van der Waals surface area contributed by atoms with Crippen molar-refractivity contribution in [2.24, 2.45) is 0 Å². The minimum atomic E-state index is 0.0265. The van der Waals surface area contributed by atoms with E-state index < -0.39 is 0 Å². The highest BCUT2D eigenvalue weighted by atomic mass is 16.5. The number of hydrogen-bond donors (Lipinski definition) is 1. The van der Waals surface area contributed by atoms with Gasteiger partial charge in [0.25, 0.3) is 0 Å². The fourth-order valence-electron chi connectivity index (χ4n) is 6.03. The van der Waals surface area contributed by atoms with Gasteiger partial charge in [0.1, 0.15) is 12.4 Å². The van der Waals surface area contributed by atoms with Crippen LogP contribution in [0.3, 0.4) is 0 Å². The van der Waals surface area contributed by atoms with Crippen LogP contribution in [0.2, 0.25) is 0 Å². The number of carbonyl (C=O) groups is 1. The van der Waals surface area contributed by atoms with E-state index in [0.717, 1.165) is 105 Å². The van der Waals surface area contributed by atoms with Crippen LogP contribution in [0.1, 0.15) is 29.4 Å². The van der Waals surface area contributed by atoms with Crippen LogP contribution in [0.15, 0.2) is 31.0 Å². The number of aryl methyl sites for hydroxylation is 1. The van der Waals surface area contributed by atoms with E-state index in [-0.39, 0.29) is 11.9 Å². The number of morpholine rings is 1. The molecule has 1 amide bonds. The van der Waals surface area contributed by atoms with Gasteiger partial charge in [0.05, 0.1) is 41.9 Å². The smallest absolute Gasteiger partial charge is 0.246 e. The van der Waals surface area contributed by atoms with Crippen LogP contribution < -0.4 is 15.0 Å². The fraction of sp³-hybridized carbons (Fsp3) is 0.536. The van der Waals surface area contributed by atoms with E-state index in [9.17, 15) is 4.79 Å². The molecule has 3 saturated heterocycles. The van der Waals surface area contributed by atoms with Gasteiger partial charge in [0.15, 0.2) is 5.75 Å². The number of carbonyl (C=O) groups excluding carboxylic acids is 1. The third-order valence-corrected chi connectivity index (χ3v) is 8.33. The van der Waals surface area contributed by atoms with Crippen molar-refractivity contribution in [1.82, 2.24) is 24.7 Å². The first-order valence-corrected chi connectivity index (χ1v) is 13.6. The molecule has 38 heavy (non-hydrogen) atoms. The number of aromatic nitrogens is 2. The fourth-order valence-corrected chi connectivity index (χ4v) is 6.03. The molecule has 202 valence electrons. The summed E-state index contributed by atoms with van der Waals surface area (Å²) in [4.78, 5) is 30.7. The average Bonchev–Trinajstić information content (AvgIpc) is 3.22. The molecular weight excluding hydrogens is 482 g/mol. The molecule has 0 spiro atoms. The summed E-state index contributed by atoms with van der Waals surface area (Å²) in [6.45, 7) is 13.8. The standard InChI is InChI=1S/C28H37N7O3/c1-4-26(36)35-16-20(17-35)33-8-6-25(32(3)9-10-33)22-15-23-27(19(2)30-22)38-18-21-24(5-7-29-28(21)31-23)34-11-13-37-14-12-34/h4-5,7,15,20,25H,1,6,8-14,16-18H2,2-3H3,(H,29,31). The van der Waals surface area contributed by atoms with Crippen LogP contribution in [0.25, 0.3) is 0 Å². The average molecular weight is 520 g/mol. The van der Waals surface area contributed by atoms with Crippen molar-refractivity contribution in [2.45, 2.75) is 32.0 Å². The minimum Gasteiger partial charge on any atom is -0.485 e. The van der Waals surface area contributed by atoms with Crippen LogP contribution in [-0.2, 0) is 16.1 Å². The Bertz CT molecular complexity index is 1210. The summed E-state index contributed by atoms with van der Waals surface area (Å²) in [7, 11) is 2.18. The predicted molar refractivity (Wildman–Crippen MR) is 146 cm³/mol. The van der Waals surface area contributed by atoms with Crippen molar-refractivity contribution in [3.63, 3.8) is 0 Å². The maximum absolute atomic E-state index is 11.9. The van der Waals surface area contributed by atoms with Crippen molar-refractivity contribution in [1.29, 1.82) is 0 Å².